The molecule has 5 heteroatoms. The van der Waals surface area contributed by atoms with Crippen molar-refractivity contribution in [3.05, 3.63) is 30.1 Å². The molecule has 1 aromatic rings. The first kappa shape index (κ1) is 13.1. The van der Waals surface area contributed by atoms with Crippen LogP contribution in [-0.2, 0) is 9.53 Å². The molecule has 2 fully saturated rings. The fourth-order valence-corrected chi connectivity index (χ4v) is 3.71. The summed E-state index contributed by atoms with van der Waals surface area (Å²) in [5.41, 5.74) is 0.575. The second-order valence-corrected chi connectivity index (χ2v) is 5.62. The molecule has 2 aliphatic rings. The van der Waals surface area contributed by atoms with E-state index in [1.807, 2.05) is 0 Å². The van der Waals surface area contributed by atoms with E-state index < -0.39 is 0 Å². The number of nitrogens with one attached hydrogen (secondary N) is 1. The van der Waals surface area contributed by atoms with E-state index in [2.05, 4.69) is 10.3 Å². The van der Waals surface area contributed by atoms with Gasteiger partial charge in [0, 0.05) is 24.0 Å². The predicted octanol–water partition coefficient (Wildman–Crippen LogP) is 1.40. The lowest BCUT2D eigenvalue weighted by molar-refractivity contribution is -0.148. The number of aromatic nitrogens is 1. The van der Waals surface area contributed by atoms with Crippen molar-refractivity contribution in [2.75, 3.05) is 7.11 Å². The minimum absolute atomic E-state index is 0.0955. The molecule has 5 nitrogen and oxygen atoms in total. The van der Waals surface area contributed by atoms with E-state index in [4.69, 9.17) is 4.74 Å². The number of hydrogen-bond donors (Lipinski definition) is 1. The summed E-state index contributed by atoms with van der Waals surface area (Å²) in [5, 5.41) is 3.02. The summed E-state index contributed by atoms with van der Waals surface area (Å²) in [4.78, 5) is 28.1. The van der Waals surface area contributed by atoms with Crippen LogP contribution in [0.25, 0.3) is 0 Å². The lowest BCUT2D eigenvalue weighted by Crippen LogP contribution is -2.47. The minimum Gasteiger partial charge on any atom is -0.469 e. The van der Waals surface area contributed by atoms with Crippen molar-refractivity contribution in [3.8, 4) is 0 Å². The number of hydrogen-bond acceptors (Lipinski definition) is 4. The Hall–Kier alpha value is -1.91. The fraction of sp³-hybridized carbons (Fsp3) is 0.533. The highest BCUT2D eigenvalue weighted by Crippen LogP contribution is 2.48. The second kappa shape index (κ2) is 5.23. The van der Waals surface area contributed by atoms with Crippen molar-refractivity contribution in [1.82, 2.24) is 10.3 Å². The first-order valence-electron chi connectivity index (χ1n) is 6.99. The van der Waals surface area contributed by atoms with Crippen molar-refractivity contribution < 1.29 is 14.3 Å². The quantitative estimate of drug-likeness (QED) is 0.846. The number of carbonyl (C=O) groups excluding carboxylic acids is 2. The molecule has 1 N–H and O–H groups in total. The number of pyridine rings is 1. The number of fused-ring (bicyclic) bond motifs is 2. The van der Waals surface area contributed by atoms with Gasteiger partial charge in [-0.05, 0) is 43.2 Å². The third-order valence-electron chi connectivity index (χ3n) is 4.63. The Morgan fingerprint density at radius 1 is 1.25 bits per heavy atom. The standard InChI is InChI=1S/C15H18N2O3/c1-20-15(19)12-10-2-3-11(8-10)13(12)17-14(18)9-4-6-16-7-5-9/h4-7,10-13H,2-3,8H2,1H3,(H,17,18)/t10-,11-,12-,13+/m0/s1. The van der Waals surface area contributed by atoms with E-state index in [9.17, 15) is 9.59 Å². The van der Waals surface area contributed by atoms with Crippen LogP contribution in [0.2, 0.25) is 0 Å². The molecule has 2 aliphatic carbocycles. The Kier molecular flexibility index (Phi) is 3.42. The second-order valence-electron chi connectivity index (χ2n) is 5.62. The van der Waals surface area contributed by atoms with Gasteiger partial charge in [-0.1, -0.05) is 0 Å². The maximum Gasteiger partial charge on any atom is 0.311 e. The van der Waals surface area contributed by atoms with Gasteiger partial charge in [-0.3, -0.25) is 14.6 Å². The van der Waals surface area contributed by atoms with Crippen molar-refractivity contribution in [2.45, 2.75) is 25.3 Å². The summed E-state index contributed by atoms with van der Waals surface area (Å²) >= 11 is 0. The molecule has 3 rings (SSSR count). The van der Waals surface area contributed by atoms with Gasteiger partial charge in [-0.15, -0.1) is 0 Å². The van der Waals surface area contributed by atoms with Crippen LogP contribution < -0.4 is 5.32 Å². The van der Waals surface area contributed by atoms with Gasteiger partial charge in [-0.2, -0.15) is 0 Å². The summed E-state index contributed by atoms with van der Waals surface area (Å²) in [6.07, 6.45) is 6.34. The molecule has 1 aromatic heterocycles. The van der Waals surface area contributed by atoms with Crippen LogP contribution in [0, 0.1) is 17.8 Å². The first-order valence-corrected chi connectivity index (χ1v) is 6.99. The van der Waals surface area contributed by atoms with Gasteiger partial charge in [0.1, 0.15) is 0 Å². The number of methoxy groups -OCH3 is 1. The maximum absolute atomic E-state index is 12.2. The van der Waals surface area contributed by atoms with Gasteiger partial charge >= 0.3 is 5.97 Å². The molecule has 4 atom stereocenters. The largest absolute Gasteiger partial charge is 0.469 e. The average Bonchev–Trinajstić information content (AvgIpc) is 3.08. The zero-order valence-electron chi connectivity index (χ0n) is 11.4. The minimum atomic E-state index is -0.197. The van der Waals surface area contributed by atoms with Crippen LogP contribution in [0.5, 0.6) is 0 Å². The summed E-state index contributed by atoms with van der Waals surface area (Å²) in [6, 6.07) is 3.26. The highest BCUT2D eigenvalue weighted by molar-refractivity contribution is 5.94. The summed E-state index contributed by atoms with van der Waals surface area (Å²) < 4.78 is 4.90. The van der Waals surface area contributed by atoms with Gasteiger partial charge in [0.2, 0.25) is 0 Å². The monoisotopic (exact) mass is 274 g/mol. The van der Waals surface area contributed by atoms with Gasteiger partial charge in [-0.25, -0.2) is 0 Å². The molecule has 0 aromatic carbocycles. The van der Waals surface area contributed by atoms with E-state index in [0.29, 0.717) is 17.4 Å². The number of nitrogens with zero attached hydrogens (tertiary/aromatic N) is 1. The lowest BCUT2D eigenvalue weighted by atomic mass is 9.84. The van der Waals surface area contributed by atoms with E-state index in [-0.39, 0.29) is 23.8 Å². The van der Waals surface area contributed by atoms with Crippen molar-refractivity contribution >= 4 is 11.9 Å². The first-order chi connectivity index (χ1) is 9.70. The Morgan fingerprint density at radius 3 is 2.65 bits per heavy atom. The molecular formula is C15H18N2O3. The molecular weight excluding hydrogens is 256 g/mol. The number of rotatable bonds is 3. The summed E-state index contributed by atoms with van der Waals surface area (Å²) in [7, 11) is 1.41. The van der Waals surface area contributed by atoms with Crippen LogP contribution >= 0.6 is 0 Å². The summed E-state index contributed by atoms with van der Waals surface area (Å²) in [6.45, 7) is 0. The molecule has 20 heavy (non-hydrogen) atoms. The molecule has 0 aliphatic heterocycles. The Labute approximate surface area is 117 Å². The van der Waals surface area contributed by atoms with E-state index >= 15 is 0 Å². The molecule has 0 saturated heterocycles. The maximum atomic E-state index is 12.2. The Bertz CT molecular complexity index is 517. The number of esters is 1. The molecule has 1 heterocycles. The van der Waals surface area contributed by atoms with Crippen molar-refractivity contribution in [3.63, 3.8) is 0 Å². The summed E-state index contributed by atoms with van der Waals surface area (Å²) in [5.74, 6) is 0.227. The molecule has 0 spiro atoms. The normalized spacial score (nSPS) is 31.1. The molecule has 0 unspecified atom stereocenters. The molecule has 2 saturated carbocycles. The zero-order chi connectivity index (χ0) is 14.1. The van der Waals surface area contributed by atoms with Gasteiger partial charge < -0.3 is 10.1 Å². The fourth-order valence-electron chi connectivity index (χ4n) is 3.71. The Morgan fingerprint density at radius 2 is 1.95 bits per heavy atom. The van der Waals surface area contributed by atoms with Gasteiger partial charge in [0.05, 0.1) is 13.0 Å². The lowest BCUT2D eigenvalue weighted by Gasteiger charge is -2.29. The van der Waals surface area contributed by atoms with Crippen LogP contribution in [0.3, 0.4) is 0 Å². The number of carbonyl (C=O) groups is 2. The molecule has 2 bridgehead atoms. The van der Waals surface area contributed by atoms with Gasteiger partial charge in [0.15, 0.2) is 0 Å². The van der Waals surface area contributed by atoms with E-state index in [0.717, 1.165) is 19.3 Å². The van der Waals surface area contributed by atoms with Crippen LogP contribution in [0.15, 0.2) is 24.5 Å². The zero-order valence-corrected chi connectivity index (χ0v) is 11.4. The van der Waals surface area contributed by atoms with Crippen molar-refractivity contribution in [1.29, 1.82) is 0 Å². The van der Waals surface area contributed by atoms with Crippen LogP contribution in [-0.4, -0.2) is 30.0 Å². The SMILES string of the molecule is COC(=O)[C@H]1[C@H]2CC[C@@H](C2)[C@H]1NC(=O)c1ccncc1. The van der Waals surface area contributed by atoms with Crippen LogP contribution in [0.4, 0.5) is 0 Å². The van der Waals surface area contributed by atoms with Gasteiger partial charge in [0.25, 0.3) is 5.91 Å². The third kappa shape index (κ3) is 2.17. The number of amides is 1. The Balaban J connectivity index is 1.75. The smallest absolute Gasteiger partial charge is 0.311 e. The molecule has 0 radical (unpaired) electrons. The highest BCUT2D eigenvalue weighted by atomic mass is 16.5. The molecule has 1 amide bonds. The number of ether oxygens (including phenoxy) is 1. The highest BCUT2D eigenvalue weighted by Gasteiger charge is 2.52. The molecule has 106 valence electrons. The van der Waals surface area contributed by atoms with Crippen LogP contribution in [0.1, 0.15) is 29.6 Å². The predicted molar refractivity (Wildman–Crippen MR) is 71.8 cm³/mol. The van der Waals surface area contributed by atoms with E-state index in [1.165, 1.54) is 7.11 Å². The topological polar surface area (TPSA) is 68.3 Å². The van der Waals surface area contributed by atoms with E-state index in [1.54, 1.807) is 24.5 Å². The van der Waals surface area contributed by atoms with Crippen molar-refractivity contribution in [2.24, 2.45) is 17.8 Å². The average molecular weight is 274 g/mol. The third-order valence-corrected chi connectivity index (χ3v) is 4.63.